The van der Waals surface area contributed by atoms with Gasteiger partial charge in [0.25, 0.3) is 0 Å². The molecule has 3 aromatic rings. The van der Waals surface area contributed by atoms with Crippen LogP contribution in [-0.4, -0.2) is 0 Å². The van der Waals surface area contributed by atoms with Gasteiger partial charge in [-0.25, -0.2) is 0 Å². The minimum atomic E-state index is 1.22. The zero-order chi connectivity index (χ0) is 14.5. The van der Waals surface area contributed by atoms with Crippen molar-refractivity contribution in [1.82, 2.24) is 0 Å². The summed E-state index contributed by atoms with van der Waals surface area (Å²) < 4.78 is 0. The normalized spacial score (nSPS) is 11.4. The van der Waals surface area contributed by atoms with Gasteiger partial charge in [-0.3, -0.25) is 0 Å². The van der Waals surface area contributed by atoms with Crippen LogP contribution in [0.25, 0.3) is 11.6 Å². The van der Waals surface area contributed by atoms with Gasteiger partial charge in [0, 0.05) is 0 Å². The molecular formula is C21H18. The molecule has 0 saturated carbocycles. The average molecular weight is 270 g/mol. The Morgan fingerprint density at radius 1 is 0.619 bits per heavy atom. The van der Waals surface area contributed by atoms with Gasteiger partial charge in [0.15, 0.2) is 0 Å². The molecule has 0 unspecified atom stereocenters. The van der Waals surface area contributed by atoms with Crippen molar-refractivity contribution >= 4 is 11.6 Å². The van der Waals surface area contributed by atoms with Crippen LogP contribution in [0.15, 0.2) is 84.9 Å². The molecule has 0 heteroatoms. The SMILES string of the molecule is Cc1ccc(/C(=C/c2ccccc2)c2ccccc2)cc1. The van der Waals surface area contributed by atoms with Crippen LogP contribution in [0, 0.1) is 6.92 Å². The molecule has 102 valence electrons. The van der Waals surface area contributed by atoms with Gasteiger partial charge in [-0.15, -0.1) is 0 Å². The maximum Gasteiger partial charge on any atom is -0.0105 e. The molecule has 0 amide bonds. The summed E-state index contributed by atoms with van der Waals surface area (Å²) >= 11 is 0. The first-order chi connectivity index (χ1) is 10.3. The van der Waals surface area contributed by atoms with Gasteiger partial charge in [-0.1, -0.05) is 90.5 Å². The Bertz CT molecular complexity index is 720. The summed E-state index contributed by atoms with van der Waals surface area (Å²) in [6, 6.07) is 29.7. The summed E-state index contributed by atoms with van der Waals surface area (Å²) in [5.74, 6) is 0. The molecule has 3 rings (SSSR count). The molecule has 0 bridgehead atoms. The van der Waals surface area contributed by atoms with Gasteiger partial charge in [-0.2, -0.15) is 0 Å². The number of hydrogen-bond acceptors (Lipinski definition) is 0. The first-order valence-electron chi connectivity index (χ1n) is 7.22. The topological polar surface area (TPSA) is 0 Å². The highest BCUT2D eigenvalue weighted by Crippen LogP contribution is 2.26. The molecule has 21 heavy (non-hydrogen) atoms. The van der Waals surface area contributed by atoms with Gasteiger partial charge < -0.3 is 0 Å². The lowest BCUT2D eigenvalue weighted by Gasteiger charge is -2.09. The third-order valence-electron chi connectivity index (χ3n) is 3.56. The Kier molecular flexibility index (Phi) is 3.97. The van der Waals surface area contributed by atoms with Crippen molar-refractivity contribution in [3.63, 3.8) is 0 Å². The van der Waals surface area contributed by atoms with Crippen molar-refractivity contribution in [2.75, 3.05) is 0 Å². The lowest BCUT2D eigenvalue weighted by molar-refractivity contribution is 1.45. The minimum absolute atomic E-state index is 1.22. The standard InChI is InChI=1S/C21H18/c1-17-12-14-20(15-13-17)21(19-10-6-3-7-11-19)16-18-8-4-2-5-9-18/h2-16H,1H3/b21-16+. The van der Waals surface area contributed by atoms with Crippen molar-refractivity contribution in [1.29, 1.82) is 0 Å². The highest BCUT2D eigenvalue weighted by atomic mass is 14.1. The highest BCUT2D eigenvalue weighted by molar-refractivity contribution is 5.91. The molecular weight excluding hydrogens is 252 g/mol. The maximum atomic E-state index is 2.25. The second-order valence-electron chi connectivity index (χ2n) is 5.20. The zero-order valence-electron chi connectivity index (χ0n) is 12.2. The van der Waals surface area contributed by atoms with E-state index < -0.39 is 0 Å². The number of hydrogen-bond donors (Lipinski definition) is 0. The Morgan fingerprint density at radius 2 is 1.14 bits per heavy atom. The van der Waals surface area contributed by atoms with Gasteiger partial charge in [-0.05, 0) is 35.3 Å². The molecule has 0 fully saturated rings. The Balaban J connectivity index is 2.12. The van der Waals surface area contributed by atoms with E-state index in [0.29, 0.717) is 0 Å². The second-order valence-corrected chi connectivity index (χ2v) is 5.20. The first-order valence-corrected chi connectivity index (χ1v) is 7.22. The lowest BCUT2D eigenvalue weighted by atomic mass is 9.95. The van der Waals surface area contributed by atoms with Crippen LogP contribution in [-0.2, 0) is 0 Å². The second kappa shape index (κ2) is 6.23. The summed E-state index contributed by atoms with van der Waals surface area (Å²) in [7, 11) is 0. The molecule has 0 aliphatic heterocycles. The zero-order valence-corrected chi connectivity index (χ0v) is 12.2. The third kappa shape index (κ3) is 3.29. The molecule has 0 atom stereocenters. The quantitative estimate of drug-likeness (QED) is 0.545. The monoisotopic (exact) mass is 270 g/mol. The van der Waals surface area contributed by atoms with Crippen molar-refractivity contribution in [2.45, 2.75) is 6.92 Å². The number of aryl methyl sites for hydroxylation is 1. The van der Waals surface area contributed by atoms with Crippen LogP contribution in [0.2, 0.25) is 0 Å². The molecule has 0 radical (unpaired) electrons. The van der Waals surface area contributed by atoms with E-state index in [-0.39, 0.29) is 0 Å². The fourth-order valence-corrected chi connectivity index (χ4v) is 2.40. The number of benzene rings is 3. The molecule has 0 spiro atoms. The van der Waals surface area contributed by atoms with Crippen molar-refractivity contribution in [3.8, 4) is 0 Å². The summed E-state index contributed by atoms with van der Waals surface area (Å²) in [6.07, 6.45) is 2.25. The van der Waals surface area contributed by atoms with Crippen LogP contribution < -0.4 is 0 Å². The highest BCUT2D eigenvalue weighted by Gasteiger charge is 2.04. The molecule has 0 aliphatic rings. The van der Waals surface area contributed by atoms with E-state index in [1.54, 1.807) is 0 Å². The fraction of sp³-hybridized carbons (Fsp3) is 0.0476. The van der Waals surface area contributed by atoms with Crippen LogP contribution in [0.5, 0.6) is 0 Å². The molecule has 3 aromatic carbocycles. The van der Waals surface area contributed by atoms with Gasteiger partial charge in [0.2, 0.25) is 0 Å². The van der Waals surface area contributed by atoms with Crippen LogP contribution in [0.4, 0.5) is 0 Å². The number of rotatable bonds is 3. The van der Waals surface area contributed by atoms with E-state index in [1.165, 1.54) is 27.8 Å². The maximum absolute atomic E-state index is 2.25. The summed E-state index contributed by atoms with van der Waals surface area (Å²) in [6.45, 7) is 2.12. The Morgan fingerprint density at radius 3 is 1.76 bits per heavy atom. The predicted molar refractivity (Wildman–Crippen MR) is 91.0 cm³/mol. The van der Waals surface area contributed by atoms with Gasteiger partial charge in [0.1, 0.15) is 0 Å². The molecule has 0 aliphatic carbocycles. The first kappa shape index (κ1) is 13.4. The summed E-state index contributed by atoms with van der Waals surface area (Å²) in [4.78, 5) is 0. The van der Waals surface area contributed by atoms with Crippen molar-refractivity contribution in [3.05, 3.63) is 107 Å². The van der Waals surface area contributed by atoms with E-state index >= 15 is 0 Å². The van der Waals surface area contributed by atoms with E-state index in [1.807, 2.05) is 6.07 Å². The Hall–Kier alpha value is -2.60. The van der Waals surface area contributed by atoms with Crippen molar-refractivity contribution in [2.24, 2.45) is 0 Å². The molecule has 0 nitrogen and oxygen atoms in total. The molecule has 0 saturated heterocycles. The molecule has 0 N–H and O–H groups in total. The molecule has 0 heterocycles. The lowest BCUT2D eigenvalue weighted by Crippen LogP contribution is -1.88. The van der Waals surface area contributed by atoms with E-state index in [4.69, 9.17) is 0 Å². The van der Waals surface area contributed by atoms with E-state index in [2.05, 4.69) is 91.9 Å². The van der Waals surface area contributed by atoms with Crippen LogP contribution in [0.3, 0.4) is 0 Å². The molecule has 0 aromatic heterocycles. The largest absolute Gasteiger partial charge is 0.0622 e. The van der Waals surface area contributed by atoms with Gasteiger partial charge >= 0.3 is 0 Å². The van der Waals surface area contributed by atoms with E-state index in [9.17, 15) is 0 Å². The summed E-state index contributed by atoms with van der Waals surface area (Å²) in [5, 5.41) is 0. The average Bonchev–Trinajstić information content (AvgIpc) is 2.55. The minimum Gasteiger partial charge on any atom is -0.0622 e. The fourth-order valence-electron chi connectivity index (χ4n) is 2.40. The van der Waals surface area contributed by atoms with Gasteiger partial charge in [0.05, 0.1) is 0 Å². The van der Waals surface area contributed by atoms with Crippen LogP contribution >= 0.6 is 0 Å². The smallest absolute Gasteiger partial charge is 0.0105 e. The summed E-state index contributed by atoms with van der Waals surface area (Å²) in [5.41, 5.74) is 6.24. The Labute approximate surface area is 126 Å². The predicted octanol–water partition coefficient (Wildman–Crippen LogP) is 5.58. The van der Waals surface area contributed by atoms with Crippen molar-refractivity contribution < 1.29 is 0 Å². The van der Waals surface area contributed by atoms with E-state index in [0.717, 1.165) is 0 Å². The van der Waals surface area contributed by atoms with Crippen LogP contribution in [0.1, 0.15) is 22.3 Å². The third-order valence-corrected chi connectivity index (χ3v) is 3.56.